The van der Waals surface area contributed by atoms with Crippen LogP contribution in [0.4, 0.5) is 13.2 Å². The van der Waals surface area contributed by atoms with Crippen LogP contribution in [0.5, 0.6) is 0 Å². The molecule has 27 heavy (non-hydrogen) atoms. The van der Waals surface area contributed by atoms with Crippen LogP contribution >= 0.6 is 0 Å². The number of fused-ring (bicyclic) bond motifs is 1. The second-order valence-corrected chi connectivity index (χ2v) is 7.25. The number of carbonyl (C=O) groups excluding carboxylic acids is 1. The predicted molar refractivity (Wildman–Crippen MR) is 88.7 cm³/mol. The lowest BCUT2D eigenvalue weighted by atomic mass is 9.92. The summed E-state index contributed by atoms with van der Waals surface area (Å²) in [6, 6.07) is 6.12. The third kappa shape index (κ3) is 3.26. The molecule has 0 spiro atoms. The molecule has 4 rings (SSSR count). The van der Waals surface area contributed by atoms with Gasteiger partial charge in [-0.2, -0.15) is 13.2 Å². The van der Waals surface area contributed by atoms with Crippen molar-refractivity contribution in [2.24, 2.45) is 17.8 Å². The maximum Gasteiger partial charge on any atom is 0.449 e. The molecule has 2 atom stereocenters. The average molecular weight is 381 g/mol. The van der Waals surface area contributed by atoms with Gasteiger partial charge in [0.05, 0.1) is 17.0 Å². The summed E-state index contributed by atoms with van der Waals surface area (Å²) < 4.78 is 41.0. The molecule has 1 aliphatic heterocycles. The Bertz CT molecular complexity index is 904. The van der Waals surface area contributed by atoms with E-state index in [4.69, 9.17) is 0 Å². The van der Waals surface area contributed by atoms with Crippen LogP contribution in [0.15, 0.2) is 24.3 Å². The Balaban J connectivity index is 1.61. The van der Waals surface area contributed by atoms with Gasteiger partial charge in [-0.3, -0.25) is 9.59 Å². The van der Waals surface area contributed by atoms with Gasteiger partial charge >= 0.3 is 12.1 Å². The lowest BCUT2D eigenvalue weighted by Gasteiger charge is -2.18. The number of carbonyl (C=O) groups is 2. The van der Waals surface area contributed by atoms with Crippen molar-refractivity contribution in [2.75, 3.05) is 13.1 Å². The molecule has 0 radical (unpaired) electrons. The highest BCUT2D eigenvalue weighted by molar-refractivity contribution is 5.82. The zero-order valence-corrected chi connectivity index (χ0v) is 14.3. The Morgan fingerprint density at radius 3 is 2.52 bits per heavy atom. The molecule has 9 heteroatoms. The van der Waals surface area contributed by atoms with E-state index in [1.807, 2.05) is 0 Å². The van der Waals surface area contributed by atoms with Crippen LogP contribution in [-0.4, -0.2) is 44.5 Å². The van der Waals surface area contributed by atoms with E-state index in [-0.39, 0.29) is 30.0 Å². The molecule has 2 fully saturated rings. The predicted octanol–water partition coefficient (Wildman–Crippen LogP) is 2.62. The second-order valence-electron chi connectivity index (χ2n) is 7.25. The molecule has 6 nitrogen and oxygen atoms in total. The largest absolute Gasteiger partial charge is 0.481 e. The normalized spacial score (nSPS) is 23.1. The van der Waals surface area contributed by atoms with Gasteiger partial charge in [0, 0.05) is 13.1 Å². The molecule has 1 aliphatic carbocycles. The van der Waals surface area contributed by atoms with Crippen molar-refractivity contribution in [3.05, 3.63) is 30.1 Å². The zero-order valence-electron chi connectivity index (χ0n) is 14.3. The van der Waals surface area contributed by atoms with Gasteiger partial charge < -0.3 is 14.6 Å². The maximum absolute atomic E-state index is 13.4. The smallest absolute Gasteiger partial charge is 0.449 e. The number of imidazole rings is 1. The van der Waals surface area contributed by atoms with E-state index in [2.05, 4.69) is 4.98 Å². The van der Waals surface area contributed by atoms with Crippen LogP contribution in [0.1, 0.15) is 18.7 Å². The molecule has 0 bridgehead atoms. The topological polar surface area (TPSA) is 75.4 Å². The van der Waals surface area contributed by atoms with E-state index < -0.39 is 36.3 Å². The van der Waals surface area contributed by atoms with Crippen LogP contribution in [-0.2, 0) is 22.3 Å². The molecule has 1 amide bonds. The number of hydrogen-bond acceptors (Lipinski definition) is 3. The highest BCUT2D eigenvalue weighted by Crippen LogP contribution is 2.44. The van der Waals surface area contributed by atoms with E-state index in [1.165, 1.54) is 17.0 Å². The molecule has 0 unspecified atom stereocenters. The van der Waals surface area contributed by atoms with Crippen LogP contribution < -0.4 is 0 Å². The fraction of sp³-hybridized carbons (Fsp3) is 0.500. The monoisotopic (exact) mass is 381 g/mol. The van der Waals surface area contributed by atoms with Gasteiger partial charge in [0.25, 0.3) is 0 Å². The molecule has 1 saturated heterocycles. The van der Waals surface area contributed by atoms with E-state index in [0.29, 0.717) is 5.92 Å². The van der Waals surface area contributed by atoms with Gasteiger partial charge in [0.15, 0.2) is 0 Å². The number of aromatic nitrogens is 2. The van der Waals surface area contributed by atoms with Crippen molar-refractivity contribution in [1.82, 2.24) is 14.5 Å². The van der Waals surface area contributed by atoms with Crippen molar-refractivity contribution in [2.45, 2.75) is 25.6 Å². The lowest BCUT2D eigenvalue weighted by molar-refractivity contribution is -0.148. The zero-order chi connectivity index (χ0) is 19.3. The minimum atomic E-state index is -4.69. The van der Waals surface area contributed by atoms with E-state index in [0.717, 1.165) is 17.4 Å². The number of likely N-dealkylation sites (tertiary alicyclic amines) is 1. The molecule has 2 aliphatic rings. The number of aliphatic carboxylic acids is 1. The van der Waals surface area contributed by atoms with Crippen LogP contribution in [0.2, 0.25) is 0 Å². The van der Waals surface area contributed by atoms with Crippen molar-refractivity contribution in [1.29, 1.82) is 0 Å². The molecule has 1 saturated carbocycles. The summed E-state index contributed by atoms with van der Waals surface area (Å²) >= 11 is 0. The number of hydrogen-bond donors (Lipinski definition) is 1. The van der Waals surface area contributed by atoms with Crippen LogP contribution in [0, 0.1) is 17.8 Å². The van der Waals surface area contributed by atoms with Crippen molar-refractivity contribution >= 4 is 22.9 Å². The number of para-hydroxylation sites is 2. The SMILES string of the molecule is O=C(O)[C@H]1CN(C(=O)Cn2c(C(F)(F)F)nc3ccccc32)C[C@@H]1C1CC1. The van der Waals surface area contributed by atoms with Crippen molar-refractivity contribution in [3.8, 4) is 0 Å². The van der Waals surface area contributed by atoms with E-state index >= 15 is 0 Å². The fourth-order valence-electron chi connectivity index (χ4n) is 3.98. The number of carboxylic acid groups (broad SMARTS) is 1. The minimum Gasteiger partial charge on any atom is -0.481 e. The Kier molecular flexibility index (Phi) is 4.12. The summed E-state index contributed by atoms with van der Waals surface area (Å²) in [7, 11) is 0. The Morgan fingerprint density at radius 2 is 1.89 bits per heavy atom. The number of halogens is 3. The Labute approximate surface area is 152 Å². The molecule has 2 aromatic rings. The molecule has 2 heterocycles. The number of nitrogens with zero attached hydrogens (tertiary/aromatic N) is 3. The van der Waals surface area contributed by atoms with E-state index in [9.17, 15) is 27.9 Å². The first-order chi connectivity index (χ1) is 12.8. The van der Waals surface area contributed by atoms with Gasteiger partial charge in [0.2, 0.25) is 11.7 Å². The molecule has 1 aromatic carbocycles. The summed E-state index contributed by atoms with van der Waals surface area (Å²) in [4.78, 5) is 29.2. The molecule has 144 valence electrons. The third-order valence-electron chi connectivity index (χ3n) is 5.46. The highest BCUT2D eigenvalue weighted by atomic mass is 19.4. The van der Waals surface area contributed by atoms with Gasteiger partial charge in [-0.05, 0) is 36.8 Å². The first-order valence-electron chi connectivity index (χ1n) is 8.78. The quantitative estimate of drug-likeness (QED) is 0.884. The average Bonchev–Trinajstić information content (AvgIpc) is 3.23. The summed E-state index contributed by atoms with van der Waals surface area (Å²) in [5.41, 5.74) is 0.393. The summed E-state index contributed by atoms with van der Waals surface area (Å²) in [6.07, 6.45) is -2.80. The van der Waals surface area contributed by atoms with Crippen molar-refractivity contribution < 1.29 is 27.9 Å². The minimum absolute atomic E-state index is 0.0450. The maximum atomic E-state index is 13.4. The molecule has 1 aromatic heterocycles. The van der Waals surface area contributed by atoms with Gasteiger partial charge in [-0.25, -0.2) is 4.98 Å². The first-order valence-corrected chi connectivity index (χ1v) is 8.78. The Morgan fingerprint density at radius 1 is 1.19 bits per heavy atom. The van der Waals surface area contributed by atoms with Gasteiger partial charge in [0.1, 0.15) is 6.54 Å². The van der Waals surface area contributed by atoms with Crippen molar-refractivity contribution in [3.63, 3.8) is 0 Å². The summed E-state index contributed by atoms with van der Waals surface area (Å²) in [5, 5.41) is 9.41. The highest BCUT2D eigenvalue weighted by Gasteiger charge is 2.47. The number of alkyl halides is 3. The number of benzene rings is 1. The number of carboxylic acids is 1. The number of amides is 1. The van der Waals surface area contributed by atoms with Gasteiger partial charge in [-0.15, -0.1) is 0 Å². The molecule has 1 N–H and O–H groups in total. The fourth-order valence-corrected chi connectivity index (χ4v) is 3.98. The third-order valence-corrected chi connectivity index (χ3v) is 5.46. The standard InChI is InChI=1S/C18H18F3N3O3/c19-18(20,21)17-22-13-3-1-2-4-14(13)24(17)9-15(25)23-7-11(10-5-6-10)12(8-23)16(26)27/h1-4,10-12H,5-9H2,(H,26,27)/t11-,12+/m1/s1. The summed E-state index contributed by atoms with van der Waals surface area (Å²) in [5.74, 6) is -3.06. The molecular formula is C18H18F3N3O3. The van der Waals surface area contributed by atoms with Crippen LogP contribution in [0.3, 0.4) is 0 Å². The van der Waals surface area contributed by atoms with E-state index in [1.54, 1.807) is 12.1 Å². The summed E-state index contributed by atoms with van der Waals surface area (Å²) in [6.45, 7) is -0.184. The van der Waals surface area contributed by atoms with Crippen LogP contribution in [0.25, 0.3) is 11.0 Å². The second kappa shape index (κ2) is 6.24. The number of rotatable bonds is 4. The molecular weight excluding hydrogens is 363 g/mol. The first kappa shape index (κ1) is 17.8. The Hall–Kier alpha value is -2.58. The lowest BCUT2D eigenvalue weighted by Crippen LogP contribution is -2.34. The van der Waals surface area contributed by atoms with Gasteiger partial charge in [-0.1, -0.05) is 12.1 Å².